The van der Waals surface area contributed by atoms with Gasteiger partial charge in [0.25, 0.3) is 0 Å². The fourth-order valence-corrected chi connectivity index (χ4v) is 4.93. The van der Waals surface area contributed by atoms with Crippen molar-refractivity contribution < 1.29 is 64.2 Å². The molecule has 2 saturated heterocycles. The number of hydrogen-bond acceptors (Lipinski definition) is 13. The van der Waals surface area contributed by atoms with Gasteiger partial charge in [0.05, 0.1) is 39.6 Å². The highest BCUT2D eigenvalue weighted by atomic mass is 16.7. The molecule has 41 heavy (non-hydrogen) atoms. The lowest BCUT2D eigenvalue weighted by molar-refractivity contribution is -0.359. The van der Waals surface area contributed by atoms with Crippen LogP contribution in [-0.4, -0.2) is 143 Å². The first-order valence-corrected chi connectivity index (χ1v) is 15.2. The molecule has 13 heteroatoms. The third-order valence-electron chi connectivity index (χ3n) is 7.48. The molecule has 0 bridgehead atoms. The number of hydrogen-bond donors (Lipinski definition) is 7. The minimum Gasteiger partial charge on any atom is -0.394 e. The van der Waals surface area contributed by atoms with Gasteiger partial charge in [0.2, 0.25) is 0 Å². The quantitative estimate of drug-likeness (QED) is 0.0795. The molecule has 10 atom stereocenters. The zero-order valence-corrected chi connectivity index (χ0v) is 24.4. The molecule has 244 valence electrons. The molecule has 0 aliphatic carbocycles. The molecule has 0 amide bonds. The second-order valence-electron chi connectivity index (χ2n) is 10.8. The Morgan fingerprint density at radius 2 is 1.02 bits per heavy atom. The van der Waals surface area contributed by atoms with E-state index in [0.717, 1.165) is 6.42 Å². The molecule has 2 rings (SSSR count). The summed E-state index contributed by atoms with van der Waals surface area (Å²) in [5.41, 5.74) is 0. The van der Waals surface area contributed by atoms with E-state index >= 15 is 0 Å². The number of aliphatic hydroxyl groups is 7. The molecule has 0 saturated carbocycles. The van der Waals surface area contributed by atoms with Gasteiger partial charge in [0.1, 0.15) is 48.8 Å². The van der Waals surface area contributed by atoms with E-state index in [1.54, 1.807) is 0 Å². The van der Waals surface area contributed by atoms with E-state index in [9.17, 15) is 35.7 Å². The van der Waals surface area contributed by atoms with Gasteiger partial charge in [-0.25, -0.2) is 0 Å². The van der Waals surface area contributed by atoms with E-state index in [2.05, 4.69) is 6.92 Å². The average molecular weight is 599 g/mol. The Labute approximate surface area is 243 Å². The normalized spacial score (nSPS) is 34.2. The predicted molar refractivity (Wildman–Crippen MR) is 146 cm³/mol. The number of ether oxygens (including phenoxy) is 6. The SMILES string of the molecule is CCCCCCCCCCCCOCCOCCO[C@@H]1O[C@H](CO)[C@@H](O[C@@H]2O[C@H](CO)[C@H](O)[C@H](O)[C@H]2O)[C@H](O)[C@H]1O. The second-order valence-corrected chi connectivity index (χ2v) is 10.8. The van der Waals surface area contributed by atoms with E-state index in [-0.39, 0.29) is 13.2 Å². The molecule has 7 N–H and O–H groups in total. The Hall–Kier alpha value is -0.520. The molecular formula is C28H54O13. The van der Waals surface area contributed by atoms with Crippen molar-refractivity contribution in [2.75, 3.05) is 46.2 Å². The predicted octanol–water partition coefficient (Wildman–Crippen LogP) is -0.419. The number of unbranched alkanes of at least 4 members (excludes halogenated alkanes) is 9. The van der Waals surface area contributed by atoms with Crippen molar-refractivity contribution >= 4 is 0 Å². The summed E-state index contributed by atoms with van der Waals surface area (Å²) in [6.07, 6.45) is -2.08. The van der Waals surface area contributed by atoms with Gasteiger partial charge < -0.3 is 64.2 Å². The Bertz CT molecular complexity index is 640. The van der Waals surface area contributed by atoms with Crippen molar-refractivity contribution in [3.8, 4) is 0 Å². The van der Waals surface area contributed by atoms with Gasteiger partial charge >= 0.3 is 0 Å². The highest BCUT2D eigenvalue weighted by Crippen LogP contribution is 2.29. The summed E-state index contributed by atoms with van der Waals surface area (Å²) < 4.78 is 32.9. The smallest absolute Gasteiger partial charge is 0.187 e. The minimum absolute atomic E-state index is 0.0449. The molecule has 0 unspecified atom stereocenters. The topological polar surface area (TPSA) is 197 Å². The summed E-state index contributed by atoms with van der Waals surface area (Å²) in [5.74, 6) is 0. The monoisotopic (exact) mass is 598 g/mol. The first-order chi connectivity index (χ1) is 19.8. The van der Waals surface area contributed by atoms with Crippen molar-refractivity contribution in [1.29, 1.82) is 0 Å². The van der Waals surface area contributed by atoms with Crippen LogP contribution < -0.4 is 0 Å². The van der Waals surface area contributed by atoms with E-state index in [0.29, 0.717) is 19.8 Å². The molecule has 0 aromatic heterocycles. The zero-order valence-electron chi connectivity index (χ0n) is 24.4. The standard InChI is InChI=1S/C28H54O13/c1-2-3-4-5-6-7-8-9-10-11-12-36-13-14-37-15-16-38-27-25(35)23(33)26(20(18-30)40-27)41-28-24(34)22(32)21(31)19(17-29)39-28/h19-35H,2-18H2,1H3/t19-,20-,21+,22+,23-,24-,25-,26-,27-,28+/m1/s1. The van der Waals surface area contributed by atoms with Crippen LogP contribution >= 0.6 is 0 Å². The fourth-order valence-electron chi connectivity index (χ4n) is 4.93. The Balaban J connectivity index is 1.56. The van der Waals surface area contributed by atoms with Crippen LogP contribution in [0.15, 0.2) is 0 Å². The van der Waals surface area contributed by atoms with Crippen molar-refractivity contribution in [3.05, 3.63) is 0 Å². The fraction of sp³-hybridized carbons (Fsp3) is 1.00. The van der Waals surface area contributed by atoms with Crippen molar-refractivity contribution in [3.63, 3.8) is 0 Å². The number of rotatable bonds is 22. The van der Waals surface area contributed by atoms with Gasteiger partial charge in [-0.1, -0.05) is 64.7 Å². The van der Waals surface area contributed by atoms with Crippen molar-refractivity contribution in [2.24, 2.45) is 0 Å². The largest absolute Gasteiger partial charge is 0.394 e. The van der Waals surface area contributed by atoms with Gasteiger partial charge in [-0.15, -0.1) is 0 Å². The van der Waals surface area contributed by atoms with E-state index in [1.807, 2.05) is 0 Å². The Morgan fingerprint density at radius 1 is 0.512 bits per heavy atom. The van der Waals surface area contributed by atoms with Crippen LogP contribution in [0.1, 0.15) is 71.1 Å². The maximum atomic E-state index is 10.6. The molecule has 2 aliphatic heterocycles. The lowest BCUT2D eigenvalue weighted by Gasteiger charge is -2.45. The van der Waals surface area contributed by atoms with Gasteiger partial charge in [-0.2, -0.15) is 0 Å². The van der Waals surface area contributed by atoms with Crippen molar-refractivity contribution in [2.45, 2.75) is 133 Å². The summed E-state index contributed by atoms with van der Waals surface area (Å²) >= 11 is 0. The highest BCUT2D eigenvalue weighted by molar-refractivity contribution is 4.94. The lowest BCUT2D eigenvalue weighted by atomic mass is 9.97. The van der Waals surface area contributed by atoms with Gasteiger partial charge in [0.15, 0.2) is 12.6 Å². The molecule has 0 radical (unpaired) electrons. The summed E-state index contributed by atoms with van der Waals surface area (Å²) in [5, 5.41) is 70.3. The van der Waals surface area contributed by atoms with Gasteiger partial charge in [0, 0.05) is 6.61 Å². The lowest BCUT2D eigenvalue weighted by Crippen LogP contribution is -2.64. The van der Waals surface area contributed by atoms with Crippen LogP contribution in [0.25, 0.3) is 0 Å². The summed E-state index contributed by atoms with van der Waals surface area (Å²) in [7, 11) is 0. The molecule has 0 spiro atoms. The van der Waals surface area contributed by atoms with Crippen LogP contribution in [-0.2, 0) is 28.4 Å². The van der Waals surface area contributed by atoms with E-state index in [4.69, 9.17) is 28.4 Å². The first-order valence-electron chi connectivity index (χ1n) is 15.2. The average Bonchev–Trinajstić information content (AvgIpc) is 2.98. The van der Waals surface area contributed by atoms with E-state index < -0.39 is 74.6 Å². The van der Waals surface area contributed by atoms with Crippen LogP contribution in [0, 0.1) is 0 Å². The van der Waals surface area contributed by atoms with E-state index in [1.165, 1.54) is 57.8 Å². The minimum atomic E-state index is -1.72. The summed E-state index contributed by atoms with van der Waals surface area (Å²) in [6.45, 7) is 2.72. The summed E-state index contributed by atoms with van der Waals surface area (Å²) in [4.78, 5) is 0. The molecule has 2 heterocycles. The second kappa shape index (κ2) is 21.2. The Kier molecular flexibility index (Phi) is 19.0. The third kappa shape index (κ3) is 12.5. The van der Waals surface area contributed by atoms with Crippen LogP contribution in [0.5, 0.6) is 0 Å². The van der Waals surface area contributed by atoms with Crippen LogP contribution in [0.3, 0.4) is 0 Å². The highest BCUT2D eigenvalue weighted by Gasteiger charge is 2.50. The van der Waals surface area contributed by atoms with Crippen molar-refractivity contribution in [1.82, 2.24) is 0 Å². The number of aliphatic hydroxyl groups excluding tert-OH is 7. The van der Waals surface area contributed by atoms with Crippen LogP contribution in [0.2, 0.25) is 0 Å². The summed E-state index contributed by atoms with van der Waals surface area (Å²) in [6, 6.07) is 0. The van der Waals surface area contributed by atoms with Gasteiger partial charge in [-0.3, -0.25) is 0 Å². The first kappa shape index (κ1) is 36.7. The molecular weight excluding hydrogens is 544 g/mol. The van der Waals surface area contributed by atoms with Crippen LogP contribution in [0.4, 0.5) is 0 Å². The molecule has 2 fully saturated rings. The zero-order chi connectivity index (χ0) is 30.0. The molecule has 0 aromatic rings. The molecule has 2 aliphatic rings. The maximum absolute atomic E-state index is 10.6. The van der Waals surface area contributed by atoms with Gasteiger partial charge in [-0.05, 0) is 6.42 Å². The Morgan fingerprint density at radius 3 is 1.63 bits per heavy atom. The third-order valence-corrected chi connectivity index (χ3v) is 7.48. The molecule has 0 aromatic carbocycles. The molecule has 13 nitrogen and oxygen atoms in total. The maximum Gasteiger partial charge on any atom is 0.187 e.